The molecule has 0 radical (unpaired) electrons. The number of hydrogen-bond acceptors (Lipinski definition) is 3. The fraction of sp³-hybridized carbons (Fsp3) is 0.667. The van der Waals surface area contributed by atoms with Crippen molar-refractivity contribution >= 4 is 0 Å². The van der Waals surface area contributed by atoms with E-state index in [2.05, 4.69) is 37.8 Å². The van der Waals surface area contributed by atoms with Gasteiger partial charge >= 0.3 is 0 Å². The normalized spacial score (nSPS) is 21.7. The molecule has 0 aliphatic carbocycles. The lowest BCUT2D eigenvalue weighted by atomic mass is 9.97. The molecule has 1 aromatic rings. The maximum atomic E-state index is 10.6. The zero-order valence-corrected chi connectivity index (χ0v) is 13.6. The molecular formula is C18H29NO2. The van der Waals surface area contributed by atoms with Gasteiger partial charge in [-0.2, -0.15) is 0 Å². The molecule has 1 N–H and O–H groups in total. The molecule has 1 saturated heterocycles. The largest absolute Gasteiger partial charge is 0.386 e. The highest BCUT2D eigenvalue weighted by atomic mass is 16.5. The molecule has 0 aromatic heterocycles. The molecule has 1 aliphatic rings. The molecule has 118 valence electrons. The highest BCUT2D eigenvalue weighted by molar-refractivity contribution is 5.26. The van der Waals surface area contributed by atoms with Gasteiger partial charge in [0.1, 0.15) is 12.2 Å². The van der Waals surface area contributed by atoms with Crippen LogP contribution in [0.25, 0.3) is 0 Å². The van der Waals surface area contributed by atoms with Crippen LogP contribution in [0.5, 0.6) is 0 Å². The Balaban J connectivity index is 2.03. The maximum Gasteiger partial charge on any atom is 0.106 e. The Kier molecular flexibility index (Phi) is 6.22. The van der Waals surface area contributed by atoms with Gasteiger partial charge in [-0.3, -0.25) is 4.90 Å². The predicted octanol–water partition coefficient (Wildman–Crippen LogP) is 3.03. The van der Waals surface area contributed by atoms with Crippen LogP contribution in [0.4, 0.5) is 0 Å². The quantitative estimate of drug-likeness (QED) is 0.874. The van der Waals surface area contributed by atoms with Crippen molar-refractivity contribution in [1.29, 1.82) is 0 Å². The zero-order valence-electron chi connectivity index (χ0n) is 13.6. The monoisotopic (exact) mass is 291 g/mol. The van der Waals surface area contributed by atoms with Gasteiger partial charge in [-0.1, -0.05) is 45.0 Å². The summed E-state index contributed by atoms with van der Waals surface area (Å²) in [5.41, 5.74) is 2.28. The zero-order chi connectivity index (χ0) is 15.2. The summed E-state index contributed by atoms with van der Waals surface area (Å²) in [7, 11) is 0. The summed E-state index contributed by atoms with van der Waals surface area (Å²) < 4.78 is 5.80. The first-order valence-corrected chi connectivity index (χ1v) is 8.21. The Hall–Kier alpha value is -0.900. The van der Waals surface area contributed by atoms with Gasteiger partial charge < -0.3 is 9.84 Å². The Labute approximate surface area is 128 Å². The van der Waals surface area contributed by atoms with E-state index in [1.165, 1.54) is 5.56 Å². The predicted molar refractivity (Wildman–Crippen MR) is 86.4 cm³/mol. The number of nitrogens with zero attached hydrogens (tertiary/aromatic N) is 1. The molecule has 2 rings (SSSR count). The van der Waals surface area contributed by atoms with E-state index in [0.717, 1.165) is 38.0 Å². The van der Waals surface area contributed by atoms with E-state index in [-0.39, 0.29) is 6.10 Å². The number of ether oxygens (including phenoxy) is 1. The molecule has 1 aromatic carbocycles. The summed E-state index contributed by atoms with van der Waals surface area (Å²) in [5, 5.41) is 10.6. The summed E-state index contributed by atoms with van der Waals surface area (Å²) in [6.07, 6.45) is 1.55. The van der Waals surface area contributed by atoms with E-state index >= 15 is 0 Å². The highest BCUT2D eigenvalue weighted by Gasteiger charge is 2.27. The summed E-state index contributed by atoms with van der Waals surface area (Å²) in [4.78, 5) is 2.38. The van der Waals surface area contributed by atoms with Crippen molar-refractivity contribution in [3.05, 3.63) is 35.4 Å². The Bertz CT molecular complexity index is 431. The minimum atomic E-state index is -0.531. The second kappa shape index (κ2) is 7.92. The molecule has 0 saturated carbocycles. The van der Waals surface area contributed by atoms with Gasteiger partial charge in [0.2, 0.25) is 0 Å². The Morgan fingerprint density at radius 1 is 1.38 bits per heavy atom. The van der Waals surface area contributed by atoms with Crippen LogP contribution in [0.15, 0.2) is 24.3 Å². The van der Waals surface area contributed by atoms with Gasteiger partial charge in [0.15, 0.2) is 0 Å². The van der Waals surface area contributed by atoms with Gasteiger partial charge in [0.25, 0.3) is 0 Å². The molecule has 2 atom stereocenters. The third kappa shape index (κ3) is 4.80. The maximum absolute atomic E-state index is 10.6. The molecule has 21 heavy (non-hydrogen) atoms. The molecule has 1 heterocycles. The average Bonchev–Trinajstić information content (AvgIpc) is 2.47. The minimum Gasteiger partial charge on any atom is -0.386 e. The third-order valence-electron chi connectivity index (χ3n) is 4.01. The molecule has 3 nitrogen and oxygen atoms in total. The van der Waals surface area contributed by atoms with Crippen LogP contribution in [0.2, 0.25) is 0 Å². The van der Waals surface area contributed by atoms with Crippen LogP contribution in [-0.4, -0.2) is 42.4 Å². The minimum absolute atomic E-state index is 0.111. The van der Waals surface area contributed by atoms with Crippen molar-refractivity contribution in [3.8, 4) is 0 Å². The lowest BCUT2D eigenvalue weighted by molar-refractivity contribution is -0.0898. The molecule has 0 spiro atoms. The lowest BCUT2D eigenvalue weighted by Gasteiger charge is -2.35. The van der Waals surface area contributed by atoms with Crippen LogP contribution in [-0.2, 0) is 11.2 Å². The second-order valence-corrected chi connectivity index (χ2v) is 6.50. The number of aliphatic hydroxyl groups excluding tert-OH is 1. The number of aliphatic hydroxyl groups is 1. The molecular weight excluding hydrogens is 262 g/mol. The molecule has 1 fully saturated rings. The van der Waals surface area contributed by atoms with Gasteiger partial charge in [-0.05, 0) is 36.4 Å². The summed E-state index contributed by atoms with van der Waals surface area (Å²) in [6.45, 7) is 10.2. The second-order valence-electron chi connectivity index (χ2n) is 6.50. The van der Waals surface area contributed by atoms with Gasteiger partial charge in [-0.25, -0.2) is 0 Å². The van der Waals surface area contributed by atoms with E-state index in [4.69, 9.17) is 4.74 Å². The SMILES string of the molecule is CCCN1CCOC(C(O)c2cccc(CC(C)C)c2)C1. The lowest BCUT2D eigenvalue weighted by Crippen LogP contribution is -2.45. The topological polar surface area (TPSA) is 32.7 Å². The molecule has 3 heteroatoms. The smallest absolute Gasteiger partial charge is 0.106 e. The molecule has 2 unspecified atom stereocenters. The summed E-state index contributed by atoms with van der Waals surface area (Å²) in [6, 6.07) is 8.33. The van der Waals surface area contributed by atoms with Gasteiger partial charge in [0.05, 0.1) is 6.61 Å². The van der Waals surface area contributed by atoms with E-state index in [9.17, 15) is 5.11 Å². The van der Waals surface area contributed by atoms with Gasteiger partial charge in [-0.15, -0.1) is 0 Å². The number of hydrogen-bond donors (Lipinski definition) is 1. The Morgan fingerprint density at radius 3 is 2.90 bits per heavy atom. The first kappa shape index (κ1) is 16.5. The van der Waals surface area contributed by atoms with Crippen molar-refractivity contribution in [3.63, 3.8) is 0 Å². The van der Waals surface area contributed by atoms with Crippen LogP contribution < -0.4 is 0 Å². The first-order chi connectivity index (χ1) is 10.1. The van der Waals surface area contributed by atoms with Crippen molar-refractivity contribution in [2.24, 2.45) is 5.92 Å². The van der Waals surface area contributed by atoms with Crippen molar-refractivity contribution < 1.29 is 9.84 Å². The van der Waals surface area contributed by atoms with Crippen LogP contribution >= 0.6 is 0 Å². The summed E-state index contributed by atoms with van der Waals surface area (Å²) >= 11 is 0. The number of rotatable bonds is 6. The fourth-order valence-electron chi connectivity index (χ4n) is 3.03. The molecule has 1 aliphatic heterocycles. The van der Waals surface area contributed by atoms with Crippen molar-refractivity contribution in [2.75, 3.05) is 26.2 Å². The third-order valence-corrected chi connectivity index (χ3v) is 4.01. The average molecular weight is 291 g/mol. The van der Waals surface area contributed by atoms with E-state index in [1.54, 1.807) is 0 Å². The number of benzene rings is 1. The van der Waals surface area contributed by atoms with Crippen molar-refractivity contribution in [2.45, 2.75) is 45.8 Å². The molecule has 0 amide bonds. The molecule has 0 bridgehead atoms. The van der Waals surface area contributed by atoms with Crippen LogP contribution in [0.1, 0.15) is 44.4 Å². The van der Waals surface area contributed by atoms with E-state index < -0.39 is 6.10 Å². The van der Waals surface area contributed by atoms with E-state index in [0.29, 0.717) is 12.5 Å². The fourth-order valence-corrected chi connectivity index (χ4v) is 3.03. The highest BCUT2D eigenvalue weighted by Crippen LogP contribution is 2.24. The standard InChI is InChI=1S/C18H29NO2/c1-4-8-19-9-10-21-17(13-19)18(20)16-7-5-6-15(12-16)11-14(2)3/h5-7,12,14,17-18,20H,4,8-11,13H2,1-3H3. The first-order valence-electron chi connectivity index (χ1n) is 8.21. The Morgan fingerprint density at radius 2 is 2.19 bits per heavy atom. The van der Waals surface area contributed by atoms with Crippen molar-refractivity contribution in [1.82, 2.24) is 4.90 Å². The van der Waals surface area contributed by atoms with Crippen LogP contribution in [0.3, 0.4) is 0 Å². The number of morpholine rings is 1. The van der Waals surface area contributed by atoms with E-state index in [1.807, 2.05) is 12.1 Å². The van der Waals surface area contributed by atoms with Gasteiger partial charge in [0, 0.05) is 13.1 Å². The van der Waals surface area contributed by atoms with Crippen LogP contribution in [0, 0.1) is 5.92 Å². The summed E-state index contributed by atoms with van der Waals surface area (Å²) in [5.74, 6) is 0.628.